The van der Waals surface area contributed by atoms with Crippen LogP contribution in [0.4, 0.5) is 0 Å². The Kier molecular flexibility index (Phi) is 6.87. The van der Waals surface area contributed by atoms with Crippen LogP contribution >= 0.6 is 23.4 Å². The summed E-state index contributed by atoms with van der Waals surface area (Å²) in [5.41, 5.74) is 0. The van der Waals surface area contributed by atoms with Crippen molar-refractivity contribution in [2.24, 2.45) is 5.92 Å². The second kappa shape index (κ2) is 8.66. The Morgan fingerprint density at radius 3 is 2.90 bits per heavy atom. The van der Waals surface area contributed by atoms with Gasteiger partial charge < -0.3 is 10.6 Å². The summed E-state index contributed by atoms with van der Waals surface area (Å²) >= 11 is 7.62. The molecule has 116 valence electrons. The zero-order chi connectivity index (χ0) is 15.1. The van der Waals surface area contributed by atoms with Gasteiger partial charge in [-0.3, -0.25) is 4.79 Å². The number of halogens is 1. The van der Waals surface area contributed by atoms with E-state index in [1.54, 1.807) is 11.8 Å². The van der Waals surface area contributed by atoms with E-state index in [-0.39, 0.29) is 5.91 Å². The molecule has 3 nitrogen and oxygen atoms in total. The molecule has 2 unspecified atom stereocenters. The highest BCUT2D eigenvalue weighted by atomic mass is 35.5. The number of thioether (sulfide) groups is 1. The predicted molar refractivity (Wildman–Crippen MR) is 90.0 cm³/mol. The van der Waals surface area contributed by atoms with Crippen LogP contribution in [-0.4, -0.2) is 30.8 Å². The molecule has 1 aliphatic heterocycles. The molecule has 0 bridgehead atoms. The van der Waals surface area contributed by atoms with Crippen LogP contribution in [0.25, 0.3) is 0 Å². The van der Waals surface area contributed by atoms with Crippen molar-refractivity contribution >= 4 is 29.3 Å². The summed E-state index contributed by atoms with van der Waals surface area (Å²) in [5, 5.41) is 7.28. The largest absolute Gasteiger partial charge is 0.353 e. The molecule has 1 heterocycles. The molecule has 2 N–H and O–H groups in total. The first-order valence-corrected chi connectivity index (χ1v) is 8.90. The quantitative estimate of drug-likeness (QED) is 0.622. The topological polar surface area (TPSA) is 41.1 Å². The molecule has 21 heavy (non-hydrogen) atoms. The number of rotatable bonds is 6. The molecule has 1 amide bonds. The number of carbonyl (C=O) groups is 1. The highest BCUT2D eigenvalue weighted by Crippen LogP contribution is 2.21. The molecule has 0 aromatic heterocycles. The lowest BCUT2D eigenvalue weighted by atomic mass is 9.95. The highest BCUT2D eigenvalue weighted by molar-refractivity contribution is 7.99. The molecule has 0 spiro atoms. The Morgan fingerprint density at radius 1 is 1.43 bits per heavy atom. The van der Waals surface area contributed by atoms with Crippen LogP contribution in [0.1, 0.15) is 26.2 Å². The molecular formula is C16H23ClN2OS. The second-order valence-electron chi connectivity index (χ2n) is 5.55. The van der Waals surface area contributed by atoms with Gasteiger partial charge in [-0.15, -0.1) is 11.8 Å². The fraction of sp³-hybridized carbons (Fsp3) is 0.562. The fourth-order valence-electron chi connectivity index (χ4n) is 2.46. The second-order valence-corrected chi connectivity index (χ2v) is 7.15. The molecule has 5 heteroatoms. The fourth-order valence-corrected chi connectivity index (χ4v) is 3.44. The average molecular weight is 327 g/mol. The number of hydrogen-bond donors (Lipinski definition) is 2. The molecule has 0 radical (unpaired) electrons. The van der Waals surface area contributed by atoms with Gasteiger partial charge in [-0.2, -0.15) is 0 Å². The van der Waals surface area contributed by atoms with Gasteiger partial charge in [0.2, 0.25) is 5.91 Å². The molecule has 1 aliphatic rings. The van der Waals surface area contributed by atoms with E-state index < -0.39 is 0 Å². The minimum absolute atomic E-state index is 0.186. The summed E-state index contributed by atoms with van der Waals surface area (Å²) in [4.78, 5) is 13.2. The van der Waals surface area contributed by atoms with Gasteiger partial charge in [0.15, 0.2) is 0 Å². The molecule has 1 fully saturated rings. The maximum atomic E-state index is 12.0. The van der Waals surface area contributed by atoms with Gasteiger partial charge >= 0.3 is 0 Å². The molecule has 2 rings (SSSR count). The van der Waals surface area contributed by atoms with Crippen molar-refractivity contribution in [1.29, 1.82) is 0 Å². The molecule has 1 saturated heterocycles. The lowest BCUT2D eigenvalue weighted by Gasteiger charge is -2.30. The van der Waals surface area contributed by atoms with Gasteiger partial charge in [-0.25, -0.2) is 0 Å². The standard InChI is InChI=1S/C16H23ClN2OS/c1-12-11-18-9-8-15(12)19-16(20)3-2-10-21-14-6-4-13(17)5-7-14/h4-7,12,15,18H,2-3,8-11H2,1H3,(H,19,20). The van der Waals surface area contributed by atoms with E-state index in [2.05, 4.69) is 17.6 Å². The van der Waals surface area contributed by atoms with Gasteiger partial charge in [0.1, 0.15) is 0 Å². The summed E-state index contributed by atoms with van der Waals surface area (Å²) in [7, 11) is 0. The first-order valence-electron chi connectivity index (χ1n) is 7.53. The minimum atomic E-state index is 0.186. The summed E-state index contributed by atoms with van der Waals surface area (Å²) in [6.07, 6.45) is 2.54. The monoisotopic (exact) mass is 326 g/mol. The smallest absolute Gasteiger partial charge is 0.220 e. The van der Waals surface area contributed by atoms with Crippen LogP contribution in [0.5, 0.6) is 0 Å². The molecule has 2 atom stereocenters. The maximum Gasteiger partial charge on any atom is 0.220 e. The van der Waals surface area contributed by atoms with Crippen molar-refractivity contribution in [1.82, 2.24) is 10.6 Å². The van der Waals surface area contributed by atoms with Gasteiger partial charge in [-0.1, -0.05) is 18.5 Å². The normalized spacial score (nSPS) is 22.0. The summed E-state index contributed by atoms with van der Waals surface area (Å²) in [5.74, 6) is 1.66. The van der Waals surface area contributed by atoms with Crippen LogP contribution in [0, 0.1) is 5.92 Å². The lowest BCUT2D eigenvalue weighted by molar-refractivity contribution is -0.122. The predicted octanol–water partition coefficient (Wildman–Crippen LogP) is 3.33. The average Bonchev–Trinajstić information content (AvgIpc) is 2.48. The van der Waals surface area contributed by atoms with Crippen LogP contribution in [0.2, 0.25) is 5.02 Å². The van der Waals surface area contributed by atoms with Crippen molar-refractivity contribution in [3.8, 4) is 0 Å². The minimum Gasteiger partial charge on any atom is -0.353 e. The lowest BCUT2D eigenvalue weighted by Crippen LogP contribution is -2.48. The summed E-state index contributed by atoms with van der Waals surface area (Å²) in [6, 6.07) is 8.17. The van der Waals surface area contributed by atoms with Gasteiger partial charge in [-0.05, 0) is 61.9 Å². The number of piperidine rings is 1. The third kappa shape index (κ3) is 5.89. The zero-order valence-corrected chi connectivity index (χ0v) is 14.0. The number of amides is 1. The third-order valence-corrected chi connectivity index (χ3v) is 5.11. The van der Waals surface area contributed by atoms with Crippen molar-refractivity contribution in [3.05, 3.63) is 29.3 Å². The molecule has 1 aromatic carbocycles. The number of carbonyl (C=O) groups excluding carboxylic acids is 1. The van der Waals surface area contributed by atoms with Crippen molar-refractivity contribution in [2.75, 3.05) is 18.8 Å². The SMILES string of the molecule is CC1CNCCC1NC(=O)CCCSc1ccc(Cl)cc1. The molecule has 1 aromatic rings. The Balaban J connectivity index is 1.61. The molecule has 0 saturated carbocycles. The van der Waals surface area contributed by atoms with E-state index in [0.29, 0.717) is 18.4 Å². The van der Waals surface area contributed by atoms with E-state index in [4.69, 9.17) is 11.6 Å². The molecular weight excluding hydrogens is 304 g/mol. The Hall–Kier alpha value is -0.710. The Bertz CT molecular complexity index is 452. The number of nitrogens with one attached hydrogen (secondary N) is 2. The van der Waals surface area contributed by atoms with E-state index in [1.165, 1.54) is 4.90 Å². The highest BCUT2D eigenvalue weighted by Gasteiger charge is 2.22. The van der Waals surface area contributed by atoms with Gasteiger partial charge in [0, 0.05) is 22.4 Å². The van der Waals surface area contributed by atoms with Crippen LogP contribution in [0.3, 0.4) is 0 Å². The summed E-state index contributed by atoms with van der Waals surface area (Å²) in [6.45, 7) is 4.19. The first-order chi connectivity index (χ1) is 10.1. The summed E-state index contributed by atoms with van der Waals surface area (Å²) < 4.78 is 0. The van der Waals surface area contributed by atoms with E-state index in [1.807, 2.05) is 24.3 Å². The third-order valence-electron chi connectivity index (χ3n) is 3.76. The zero-order valence-electron chi connectivity index (χ0n) is 12.4. The van der Waals surface area contributed by atoms with Crippen LogP contribution in [0.15, 0.2) is 29.2 Å². The Labute approximate surface area is 136 Å². The van der Waals surface area contributed by atoms with E-state index in [0.717, 1.165) is 36.7 Å². The van der Waals surface area contributed by atoms with Gasteiger partial charge in [0.25, 0.3) is 0 Å². The van der Waals surface area contributed by atoms with Gasteiger partial charge in [0.05, 0.1) is 0 Å². The van der Waals surface area contributed by atoms with Crippen LogP contribution in [-0.2, 0) is 4.79 Å². The van der Waals surface area contributed by atoms with Crippen molar-refractivity contribution in [3.63, 3.8) is 0 Å². The van der Waals surface area contributed by atoms with Crippen molar-refractivity contribution in [2.45, 2.75) is 37.1 Å². The number of hydrogen-bond acceptors (Lipinski definition) is 3. The van der Waals surface area contributed by atoms with E-state index >= 15 is 0 Å². The maximum absolute atomic E-state index is 12.0. The number of benzene rings is 1. The van der Waals surface area contributed by atoms with E-state index in [9.17, 15) is 4.79 Å². The van der Waals surface area contributed by atoms with Crippen LogP contribution < -0.4 is 10.6 Å². The Morgan fingerprint density at radius 2 is 2.19 bits per heavy atom. The first kappa shape index (κ1) is 16.7. The van der Waals surface area contributed by atoms with Crippen molar-refractivity contribution < 1.29 is 4.79 Å². The molecule has 0 aliphatic carbocycles.